The molecule has 1 aromatic rings. The number of ether oxygens (including phenoxy) is 1. The maximum absolute atomic E-state index is 11.6. The van der Waals surface area contributed by atoms with Crippen molar-refractivity contribution in [2.75, 3.05) is 0 Å². The Morgan fingerprint density at radius 3 is 2.60 bits per heavy atom. The van der Waals surface area contributed by atoms with Crippen LogP contribution in [0.5, 0.6) is 0 Å². The highest BCUT2D eigenvalue weighted by Crippen LogP contribution is 2.47. The van der Waals surface area contributed by atoms with E-state index in [9.17, 15) is 4.79 Å². The highest BCUT2D eigenvalue weighted by atomic mass is 16.5. The van der Waals surface area contributed by atoms with Gasteiger partial charge < -0.3 is 4.74 Å². The molecule has 0 spiro atoms. The zero-order chi connectivity index (χ0) is 10.7. The normalized spacial score (nSPS) is 16.8. The predicted molar refractivity (Wildman–Crippen MR) is 58.1 cm³/mol. The molecule has 1 aliphatic carbocycles. The van der Waals surface area contributed by atoms with E-state index in [0.717, 1.165) is 18.4 Å². The van der Waals surface area contributed by atoms with Crippen LogP contribution in [0.4, 0.5) is 0 Å². The summed E-state index contributed by atoms with van der Waals surface area (Å²) in [5.74, 6) is -0.138. The summed E-state index contributed by atoms with van der Waals surface area (Å²) in [6.07, 6.45) is 3.47. The van der Waals surface area contributed by atoms with Gasteiger partial charge in [-0.05, 0) is 18.4 Å². The van der Waals surface area contributed by atoms with Crippen LogP contribution in [-0.2, 0) is 16.1 Å². The summed E-state index contributed by atoms with van der Waals surface area (Å²) in [6, 6.07) is 9.70. The fourth-order valence-corrected chi connectivity index (χ4v) is 1.49. The van der Waals surface area contributed by atoms with Gasteiger partial charge in [0.2, 0.25) is 0 Å². The summed E-state index contributed by atoms with van der Waals surface area (Å²) in [7, 11) is 0. The number of hydrogen-bond acceptors (Lipinski definition) is 2. The summed E-state index contributed by atoms with van der Waals surface area (Å²) in [6.45, 7) is 4.03. The maximum Gasteiger partial charge on any atom is 0.316 e. The molecule has 78 valence electrons. The van der Waals surface area contributed by atoms with Crippen LogP contribution in [-0.4, -0.2) is 5.97 Å². The van der Waals surface area contributed by atoms with Crippen LogP contribution in [0, 0.1) is 5.41 Å². The minimum absolute atomic E-state index is 0.138. The quantitative estimate of drug-likeness (QED) is 0.554. The van der Waals surface area contributed by atoms with Crippen molar-refractivity contribution in [3.8, 4) is 0 Å². The molecule has 0 radical (unpaired) electrons. The van der Waals surface area contributed by atoms with Gasteiger partial charge in [-0.2, -0.15) is 0 Å². The Hall–Kier alpha value is -1.57. The van der Waals surface area contributed by atoms with Gasteiger partial charge in [0.05, 0.1) is 5.41 Å². The van der Waals surface area contributed by atoms with Crippen molar-refractivity contribution in [2.45, 2.75) is 19.4 Å². The Kier molecular flexibility index (Phi) is 2.58. The highest BCUT2D eigenvalue weighted by molar-refractivity contribution is 5.82. The predicted octanol–water partition coefficient (Wildman–Crippen LogP) is 2.70. The van der Waals surface area contributed by atoms with E-state index in [2.05, 4.69) is 6.58 Å². The Balaban J connectivity index is 1.89. The van der Waals surface area contributed by atoms with Crippen LogP contribution in [0.3, 0.4) is 0 Å². The van der Waals surface area contributed by atoms with E-state index in [-0.39, 0.29) is 11.4 Å². The highest BCUT2D eigenvalue weighted by Gasteiger charge is 2.48. The molecule has 0 N–H and O–H groups in total. The number of carbonyl (C=O) groups excluding carboxylic acids is 1. The monoisotopic (exact) mass is 202 g/mol. The third-order valence-corrected chi connectivity index (χ3v) is 2.80. The second-order valence-electron chi connectivity index (χ2n) is 3.92. The molecule has 0 unspecified atom stereocenters. The van der Waals surface area contributed by atoms with Crippen LogP contribution in [0.2, 0.25) is 0 Å². The van der Waals surface area contributed by atoms with Crippen molar-refractivity contribution in [2.24, 2.45) is 5.41 Å². The number of esters is 1. The molecule has 15 heavy (non-hydrogen) atoms. The van der Waals surface area contributed by atoms with Crippen LogP contribution in [0.15, 0.2) is 43.0 Å². The Bertz CT molecular complexity index is 363. The lowest BCUT2D eigenvalue weighted by Gasteiger charge is -2.09. The third-order valence-electron chi connectivity index (χ3n) is 2.80. The second kappa shape index (κ2) is 3.89. The van der Waals surface area contributed by atoms with Gasteiger partial charge in [0.15, 0.2) is 0 Å². The first-order valence-electron chi connectivity index (χ1n) is 5.12. The van der Waals surface area contributed by atoms with Crippen molar-refractivity contribution in [1.29, 1.82) is 0 Å². The molecule has 0 saturated heterocycles. The van der Waals surface area contributed by atoms with Gasteiger partial charge in [-0.25, -0.2) is 0 Å². The Morgan fingerprint density at radius 1 is 1.40 bits per heavy atom. The smallest absolute Gasteiger partial charge is 0.316 e. The summed E-state index contributed by atoms with van der Waals surface area (Å²) in [5, 5.41) is 0. The van der Waals surface area contributed by atoms with Crippen molar-refractivity contribution in [3.05, 3.63) is 48.6 Å². The van der Waals surface area contributed by atoms with Gasteiger partial charge in [-0.15, -0.1) is 6.58 Å². The fourth-order valence-electron chi connectivity index (χ4n) is 1.49. The fraction of sp³-hybridized carbons (Fsp3) is 0.308. The van der Waals surface area contributed by atoms with Crippen LogP contribution in [0.1, 0.15) is 18.4 Å². The van der Waals surface area contributed by atoms with Crippen LogP contribution >= 0.6 is 0 Å². The minimum Gasteiger partial charge on any atom is -0.460 e. The van der Waals surface area contributed by atoms with E-state index >= 15 is 0 Å². The zero-order valence-corrected chi connectivity index (χ0v) is 8.61. The zero-order valence-electron chi connectivity index (χ0n) is 8.61. The number of benzene rings is 1. The average molecular weight is 202 g/mol. The summed E-state index contributed by atoms with van der Waals surface area (Å²) >= 11 is 0. The average Bonchev–Trinajstić information content (AvgIpc) is 3.08. The first-order chi connectivity index (χ1) is 7.27. The number of rotatable bonds is 4. The number of carbonyl (C=O) groups is 1. The molecule has 2 rings (SSSR count). The second-order valence-corrected chi connectivity index (χ2v) is 3.92. The van der Waals surface area contributed by atoms with Crippen molar-refractivity contribution < 1.29 is 9.53 Å². The third kappa shape index (κ3) is 2.09. The topological polar surface area (TPSA) is 26.3 Å². The summed E-state index contributed by atoms with van der Waals surface area (Å²) < 4.78 is 5.24. The lowest BCUT2D eigenvalue weighted by atomic mass is 10.1. The standard InChI is InChI=1S/C13H14O2/c1-2-13(8-9-13)12(14)15-10-11-6-4-3-5-7-11/h2-7H,1,8-10H2. The van der Waals surface area contributed by atoms with E-state index in [1.807, 2.05) is 30.3 Å². The molecular formula is C13H14O2. The maximum atomic E-state index is 11.6. The molecule has 0 aromatic heterocycles. The molecular weight excluding hydrogens is 188 g/mol. The molecule has 0 aliphatic heterocycles. The molecule has 1 fully saturated rings. The van der Waals surface area contributed by atoms with Gasteiger partial charge in [0.1, 0.15) is 6.61 Å². The lowest BCUT2D eigenvalue weighted by Crippen LogP contribution is -2.16. The van der Waals surface area contributed by atoms with Gasteiger partial charge in [0, 0.05) is 0 Å². The van der Waals surface area contributed by atoms with Crippen LogP contribution < -0.4 is 0 Å². The molecule has 1 aromatic carbocycles. The molecule has 0 heterocycles. The molecule has 0 atom stereocenters. The van der Waals surface area contributed by atoms with Crippen molar-refractivity contribution >= 4 is 5.97 Å². The molecule has 2 nitrogen and oxygen atoms in total. The molecule has 1 saturated carbocycles. The van der Waals surface area contributed by atoms with Gasteiger partial charge in [-0.3, -0.25) is 4.79 Å². The molecule has 2 heteroatoms. The Labute approximate surface area is 89.6 Å². The van der Waals surface area contributed by atoms with Crippen LogP contribution in [0.25, 0.3) is 0 Å². The molecule has 0 bridgehead atoms. The van der Waals surface area contributed by atoms with E-state index in [1.54, 1.807) is 6.08 Å². The van der Waals surface area contributed by atoms with E-state index in [1.165, 1.54) is 0 Å². The van der Waals surface area contributed by atoms with E-state index in [0.29, 0.717) is 6.61 Å². The SMILES string of the molecule is C=CC1(C(=O)OCc2ccccc2)CC1. The van der Waals surface area contributed by atoms with Crippen molar-refractivity contribution in [3.63, 3.8) is 0 Å². The van der Waals surface area contributed by atoms with Gasteiger partial charge in [0.25, 0.3) is 0 Å². The molecule has 0 amide bonds. The minimum atomic E-state index is -0.366. The summed E-state index contributed by atoms with van der Waals surface area (Å²) in [5.41, 5.74) is 0.653. The van der Waals surface area contributed by atoms with Gasteiger partial charge >= 0.3 is 5.97 Å². The number of hydrogen-bond donors (Lipinski definition) is 0. The van der Waals surface area contributed by atoms with Gasteiger partial charge in [-0.1, -0.05) is 36.4 Å². The Morgan fingerprint density at radius 2 is 2.07 bits per heavy atom. The van der Waals surface area contributed by atoms with Crippen molar-refractivity contribution in [1.82, 2.24) is 0 Å². The lowest BCUT2D eigenvalue weighted by molar-refractivity contribution is -0.149. The largest absolute Gasteiger partial charge is 0.460 e. The van der Waals surface area contributed by atoms with E-state index < -0.39 is 0 Å². The summed E-state index contributed by atoms with van der Waals surface area (Å²) in [4.78, 5) is 11.6. The first-order valence-corrected chi connectivity index (χ1v) is 5.12. The molecule has 1 aliphatic rings. The van der Waals surface area contributed by atoms with E-state index in [4.69, 9.17) is 4.74 Å². The first kappa shape index (κ1) is 9.97.